The molecule has 0 spiro atoms. The zero-order valence-corrected chi connectivity index (χ0v) is 22.9. The zero-order chi connectivity index (χ0) is 25.4. The van der Waals surface area contributed by atoms with E-state index in [9.17, 15) is 0 Å². The standard InChI is InChI=1S/C33H31NOS/c1-18-10-8-11-19(2)29(18)24-17-34-26(16-25(24)33(5,6)7)22-12-9-13-23-31-27(35-32(22)23)14-15-28-30(31)20(3)21(4)36-28/h8-17H,1-7H3. The molecule has 0 radical (unpaired) electrons. The number of pyridine rings is 1. The van der Waals surface area contributed by atoms with E-state index in [4.69, 9.17) is 9.40 Å². The van der Waals surface area contributed by atoms with E-state index < -0.39 is 0 Å². The minimum atomic E-state index is -0.0407. The lowest BCUT2D eigenvalue weighted by Gasteiger charge is -2.25. The highest BCUT2D eigenvalue weighted by molar-refractivity contribution is 7.19. The van der Waals surface area contributed by atoms with Crippen molar-refractivity contribution in [3.63, 3.8) is 0 Å². The number of furan rings is 1. The SMILES string of the molecule is Cc1cccc(C)c1-c1cnc(-c2cccc3c2oc2ccc4sc(C)c(C)c4c23)cc1C(C)(C)C. The highest BCUT2D eigenvalue weighted by Gasteiger charge is 2.24. The summed E-state index contributed by atoms with van der Waals surface area (Å²) in [6, 6.07) is 19.6. The van der Waals surface area contributed by atoms with Crippen LogP contribution in [0.4, 0.5) is 0 Å². The summed E-state index contributed by atoms with van der Waals surface area (Å²) in [5, 5.41) is 3.70. The van der Waals surface area contributed by atoms with Crippen molar-refractivity contribution in [3.05, 3.63) is 87.9 Å². The van der Waals surface area contributed by atoms with Crippen LogP contribution < -0.4 is 0 Å². The second-order valence-electron chi connectivity index (χ2n) is 11.0. The van der Waals surface area contributed by atoms with E-state index in [1.807, 2.05) is 11.3 Å². The second kappa shape index (κ2) is 8.04. The maximum absolute atomic E-state index is 6.55. The lowest BCUT2D eigenvalue weighted by atomic mass is 9.80. The Morgan fingerprint density at radius 1 is 0.806 bits per heavy atom. The molecule has 180 valence electrons. The monoisotopic (exact) mass is 489 g/mol. The lowest BCUT2D eigenvalue weighted by Crippen LogP contribution is -2.14. The summed E-state index contributed by atoms with van der Waals surface area (Å²) < 4.78 is 7.87. The number of fused-ring (bicyclic) bond motifs is 5. The lowest BCUT2D eigenvalue weighted by molar-refractivity contribution is 0.591. The van der Waals surface area contributed by atoms with Gasteiger partial charge in [0.2, 0.25) is 0 Å². The fourth-order valence-electron chi connectivity index (χ4n) is 5.61. The molecule has 0 saturated carbocycles. The van der Waals surface area contributed by atoms with Crippen LogP contribution in [0.1, 0.15) is 47.9 Å². The van der Waals surface area contributed by atoms with Crippen molar-refractivity contribution in [3.8, 4) is 22.4 Å². The molecule has 6 rings (SSSR count). The highest BCUT2D eigenvalue weighted by Crippen LogP contribution is 2.44. The van der Waals surface area contributed by atoms with Crippen LogP contribution in [-0.2, 0) is 5.41 Å². The third-order valence-electron chi connectivity index (χ3n) is 7.53. The number of benzene rings is 3. The van der Waals surface area contributed by atoms with E-state index >= 15 is 0 Å². The van der Waals surface area contributed by atoms with Gasteiger partial charge in [0, 0.05) is 43.1 Å². The summed E-state index contributed by atoms with van der Waals surface area (Å²) in [6.07, 6.45) is 2.07. The van der Waals surface area contributed by atoms with Gasteiger partial charge in [0.15, 0.2) is 0 Å². The van der Waals surface area contributed by atoms with Crippen LogP contribution >= 0.6 is 11.3 Å². The number of rotatable bonds is 2. The van der Waals surface area contributed by atoms with Gasteiger partial charge in [-0.05, 0) is 85.2 Å². The number of thiophene rings is 1. The predicted molar refractivity (Wildman–Crippen MR) is 155 cm³/mol. The van der Waals surface area contributed by atoms with E-state index in [0.29, 0.717) is 0 Å². The molecule has 6 aromatic rings. The second-order valence-corrected chi connectivity index (χ2v) is 12.3. The number of hydrogen-bond acceptors (Lipinski definition) is 3. The zero-order valence-electron chi connectivity index (χ0n) is 22.0. The van der Waals surface area contributed by atoms with E-state index in [0.717, 1.165) is 27.8 Å². The van der Waals surface area contributed by atoms with Crippen molar-refractivity contribution >= 4 is 43.4 Å². The molecule has 0 unspecified atom stereocenters. The third-order valence-corrected chi connectivity index (χ3v) is 8.70. The summed E-state index contributed by atoms with van der Waals surface area (Å²) in [5.74, 6) is 0. The minimum absolute atomic E-state index is 0.0407. The smallest absolute Gasteiger partial charge is 0.144 e. The van der Waals surface area contributed by atoms with Gasteiger partial charge in [-0.25, -0.2) is 0 Å². The molecular weight excluding hydrogens is 458 g/mol. The van der Waals surface area contributed by atoms with Crippen LogP contribution in [0, 0.1) is 27.7 Å². The highest BCUT2D eigenvalue weighted by atomic mass is 32.1. The first kappa shape index (κ1) is 23.0. The Labute approximate surface area is 216 Å². The normalized spacial score (nSPS) is 12.3. The molecule has 3 heteroatoms. The molecule has 0 atom stereocenters. The number of aryl methyl sites for hydroxylation is 4. The Bertz CT molecular complexity index is 1790. The van der Waals surface area contributed by atoms with Crippen molar-refractivity contribution in [1.82, 2.24) is 4.98 Å². The average Bonchev–Trinajstić information content (AvgIpc) is 3.35. The van der Waals surface area contributed by atoms with Gasteiger partial charge >= 0.3 is 0 Å². The molecule has 3 heterocycles. The predicted octanol–water partition coefficient (Wildman–Crippen LogP) is 10.1. The Morgan fingerprint density at radius 2 is 1.53 bits per heavy atom. The first-order valence-electron chi connectivity index (χ1n) is 12.6. The average molecular weight is 490 g/mol. The van der Waals surface area contributed by atoms with Gasteiger partial charge in [0.1, 0.15) is 11.2 Å². The number of aromatic nitrogens is 1. The molecule has 0 amide bonds. The number of hydrogen-bond donors (Lipinski definition) is 0. The van der Waals surface area contributed by atoms with Crippen molar-refractivity contribution in [2.75, 3.05) is 0 Å². The molecule has 36 heavy (non-hydrogen) atoms. The first-order valence-corrected chi connectivity index (χ1v) is 13.4. The van der Waals surface area contributed by atoms with E-state index in [1.165, 1.54) is 53.7 Å². The topological polar surface area (TPSA) is 26.0 Å². The third kappa shape index (κ3) is 3.41. The van der Waals surface area contributed by atoms with Gasteiger partial charge < -0.3 is 4.42 Å². The fourth-order valence-corrected chi connectivity index (χ4v) is 6.69. The minimum Gasteiger partial charge on any atom is -0.455 e. The molecule has 0 aliphatic carbocycles. The molecule has 0 aliphatic rings. The molecule has 3 aromatic heterocycles. The van der Waals surface area contributed by atoms with E-state index in [2.05, 4.69) is 109 Å². The van der Waals surface area contributed by atoms with E-state index in [1.54, 1.807) is 0 Å². The summed E-state index contributed by atoms with van der Waals surface area (Å²) in [6.45, 7) is 15.6. The number of para-hydroxylation sites is 1. The van der Waals surface area contributed by atoms with Crippen LogP contribution in [0.15, 0.2) is 65.2 Å². The Kier molecular flexibility index (Phi) is 5.14. The van der Waals surface area contributed by atoms with Gasteiger partial charge in [-0.15, -0.1) is 11.3 Å². The fraction of sp³-hybridized carbons (Fsp3) is 0.242. The Balaban J connectivity index is 1.63. The van der Waals surface area contributed by atoms with Gasteiger partial charge in [0.05, 0.1) is 5.69 Å². The van der Waals surface area contributed by atoms with Crippen LogP contribution in [0.5, 0.6) is 0 Å². The molecule has 2 nitrogen and oxygen atoms in total. The van der Waals surface area contributed by atoms with Crippen molar-refractivity contribution in [1.29, 1.82) is 0 Å². The summed E-state index contributed by atoms with van der Waals surface area (Å²) in [5.41, 5.74) is 11.5. The van der Waals surface area contributed by atoms with Gasteiger partial charge in [-0.3, -0.25) is 4.98 Å². The quantitative estimate of drug-likeness (QED) is 0.242. The van der Waals surface area contributed by atoms with Crippen molar-refractivity contribution in [2.24, 2.45) is 0 Å². The molecule has 0 fully saturated rings. The maximum atomic E-state index is 6.55. The largest absolute Gasteiger partial charge is 0.455 e. The Hall–Kier alpha value is -3.43. The number of nitrogens with zero attached hydrogens (tertiary/aromatic N) is 1. The summed E-state index contributed by atoms with van der Waals surface area (Å²) in [7, 11) is 0. The Morgan fingerprint density at radius 3 is 2.25 bits per heavy atom. The maximum Gasteiger partial charge on any atom is 0.144 e. The van der Waals surface area contributed by atoms with Crippen LogP contribution in [0.2, 0.25) is 0 Å². The summed E-state index contributed by atoms with van der Waals surface area (Å²) >= 11 is 1.86. The summed E-state index contributed by atoms with van der Waals surface area (Å²) in [4.78, 5) is 6.39. The molecule has 0 bridgehead atoms. The van der Waals surface area contributed by atoms with Crippen LogP contribution in [0.25, 0.3) is 54.4 Å². The van der Waals surface area contributed by atoms with Crippen molar-refractivity contribution in [2.45, 2.75) is 53.9 Å². The van der Waals surface area contributed by atoms with E-state index in [-0.39, 0.29) is 5.41 Å². The molecular formula is C33H31NOS. The van der Waals surface area contributed by atoms with Gasteiger partial charge in [-0.2, -0.15) is 0 Å². The van der Waals surface area contributed by atoms with Crippen molar-refractivity contribution < 1.29 is 4.42 Å². The van der Waals surface area contributed by atoms with Crippen LogP contribution in [-0.4, -0.2) is 4.98 Å². The molecule has 3 aromatic carbocycles. The molecule has 0 saturated heterocycles. The molecule has 0 aliphatic heterocycles. The van der Waals surface area contributed by atoms with Crippen LogP contribution in [0.3, 0.4) is 0 Å². The molecule has 0 N–H and O–H groups in total. The van der Waals surface area contributed by atoms with Gasteiger partial charge in [-0.1, -0.05) is 51.1 Å². The first-order chi connectivity index (χ1) is 17.1. The van der Waals surface area contributed by atoms with Gasteiger partial charge in [0.25, 0.3) is 0 Å².